The number of nitrogens with zero attached hydrogens (tertiary/aromatic N) is 3. The van der Waals surface area contributed by atoms with Crippen LogP contribution in [0.25, 0.3) is 0 Å². The van der Waals surface area contributed by atoms with Gasteiger partial charge in [-0.3, -0.25) is 19.8 Å². The number of fused-ring (bicyclic) bond motifs is 1. The minimum atomic E-state index is -1.57. The van der Waals surface area contributed by atoms with Crippen molar-refractivity contribution >= 4 is 17.5 Å². The third-order valence-corrected chi connectivity index (χ3v) is 4.56. The minimum absolute atomic E-state index is 0.304. The van der Waals surface area contributed by atoms with Crippen LogP contribution in [0.5, 0.6) is 0 Å². The lowest BCUT2D eigenvalue weighted by Crippen LogP contribution is -2.42. The Morgan fingerprint density at radius 2 is 1.42 bits per heavy atom. The summed E-state index contributed by atoms with van der Waals surface area (Å²) in [7, 11) is 0. The molecule has 0 saturated carbocycles. The van der Waals surface area contributed by atoms with E-state index in [1.165, 1.54) is 17.3 Å². The van der Waals surface area contributed by atoms with Crippen LogP contribution >= 0.6 is 0 Å². The molecule has 1 aliphatic rings. The molecular weight excluding hydrogens is 332 g/mol. The van der Waals surface area contributed by atoms with Gasteiger partial charge < -0.3 is 0 Å². The highest BCUT2D eigenvalue weighted by Crippen LogP contribution is 2.42. The van der Waals surface area contributed by atoms with E-state index in [1.54, 1.807) is 54.6 Å². The van der Waals surface area contributed by atoms with Crippen molar-refractivity contribution in [3.05, 3.63) is 83.9 Å². The Morgan fingerprint density at radius 1 is 0.885 bits per heavy atom. The maximum absolute atomic E-state index is 13.2. The standard InChI is InChI=1S/C19H14N4O3/c24-16(22-23-11-20-21-12-23)10-19(13-6-2-1-3-7-13)17(25)14-8-4-5-9-15(14)18(19)26/h1-9,11-12H,10H2,(H,22,24). The summed E-state index contributed by atoms with van der Waals surface area (Å²) in [5, 5.41) is 7.22. The lowest BCUT2D eigenvalue weighted by atomic mass is 9.73. The fourth-order valence-corrected chi connectivity index (χ4v) is 3.37. The van der Waals surface area contributed by atoms with Gasteiger partial charge in [0.25, 0.3) is 0 Å². The molecule has 0 radical (unpaired) electrons. The van der Waals surface area contributed by atoms with Gasteiger partial charge in [-0.25, -0.2) is 4.68 Å². The van der Waals surface area contributed by atoms with Crippen LogP contribution in [-0.4, -0.2) is 32.3 Å². The molecular formula is C19H14N4O3. The van der Waals surface area contributed by atoms with Crippen molar-refractivity contribution in [3.8, 4) is 0 Å². The number of amides is 1. The number of hydrogen-bond donors (Lipinski definition) is 1. The van der Waals surface area contributed by atoms with Crippen molar-refractivity contribution < 1.29 is 14.4 Å². The largest absolute Gasteiger partial charge is 0.293 e. The van der Waals surface area contributed by atoms with Gasteiger partial charge in [-0.2, -0.15) is 0 Å². The summed E-state index contributed by atoms with van der Waals surface area (Å²) in [6.45, 7) is 0. The van der Waals surface area contributed by atoms with Crippen molar-refractivity contribution in [2.45, 2.75) is 11.8 Å². The molecule has 0 saturated heterocycles. The molecule has 4 rings (SSSR count). The fourth-order valence-electron chi connectivity index (χ4n) is 3.37. The Bertz CT molecular complexity index is 962. The van der Waals surface area contributed by atoms with E-state index in [1.807, 2.05) is 0 Å². The van der Waals surface area contributed by atoms with Gasteiger partial charge in [0.05, 0.1) is 6.42 Å². The van der Waals surface area contributed by atoms with E-state index in [-0.39, 0.29) is 18.0 Å². The second-order valence-electron chi connectivity index (χ2n) is 6.06. The summed E-state index contributed by atoms with van der Waals surface area (Å²) in [6, 6.07) is 15.4. The number of nitrogens with one attached hydrogen (secondary N) is 1. The fraction of sp³-hybridized carbons (Fsp3) is 0.105. The molecule has 0 unspecified atom stereocenters. The lowest BCUT2D eigenvalue weighted by molar-refractivity contribution is -0.117. The van der Waals surface area contributed by atoms with Crippen LogP contribution in [0.2, 0.25) is 0 Å². The average molecular weight is 346 g/mol. The number of Topliss-reactive ketones (excluding diaryl/α,β-unsaturated/α-hetero) is 2. The third-order valence-electron chi connectivity index (χ3n) is 4.56. The van der Waals surface area contributed by atoms with Crippen molar-refractivity contribution in [1.29, 1.82) is 0 Å². The van der Waals surface area contributed by atoms with Crippen molar-refractivity contribution in [2.24, 2.45) is 0 Å². The van der Waals surface area contributed by atoms with E-state index in [2.05, 4.69) is 15.6 Å². The molecule has 1 aromatic heterocycles. The van der Waals surface area contributed by atoms with Crippen LogP contribution in [0.1, 0.15) is 32.7 Å². The van der Waals surface area contributed by atoms with E-state index in [0.29, 0.717) is 16.7 Å². The number of ketones is 2. The first kappa shape index (κ1) is 15.9. The first-order valence-electron chi connectivity index (χ1n) is 8.01. The second-order valence-corrected chi connectivity index (χ2v) is 6.06. The van der Waals surface area contributed by atoms with Crippen LogP contribution in [0.15, 0.2) is 67.3 Å². The summed E-state index contributed by atoms with van der Waals surface area (Å²) in [5.41, 5.74) is 2.19. The molecule has 26 heavy (non-hydrogen) atoms. The Balaban J connectivity index is 1.79. The number of carbonyl (C=O) groups is 3. The van der Waals surface area contributed by atoms with Gasteiger partial charge in [-0.1, -0.05) is 54.6 Å². The Hall–Kier alpha value is -3.61. The third kappa shape index (κ3) is 2.33. The molecule has 7 heteroatoms. The Morgan fingerprint density at radius 3 is 2.00 bits per heavy atom. The highest BCUT2D eigenvalue weighted by Gasteiger charge is 2.55. The predicted molar refractivity (Wildman–Crippen MR) is 92.2 cm³/mol. The van der Waals surface area contributed by atoms with Crippen LogP contribution in [0, 0.1) is 0 Å². The van der Waals surface area contributed by atoms with Gasteiger partial charge >= 0.3 is 0 Å². The average Bonchev–Trinajstić information content (AvgIpc) is 3.25. The zero-order valence-electron chi connectivity index (χ0n) is 13.6. The van der Waals surface area contributed by atoms with E-state index in [0.717, 1.165) is 0 Å². The smallest absolute Gasteiger partial charge is 0.240 e. The van der Waals surface area contributed by atoms with Gasteiger partial charge in [0.15, 0.2) is 11.6 Å². The summed E-state index contributed by atoms with van der Waals surface area (Å²) < 4.78 is 1.28. The van der Waals surface area contributed by atoms with E-state index in [4.69, 9.17) is 0 Å². The molecule has 0 bridgehead atoms. The van der Waals surface area contributed by atoms with Crippen LogP contribution in [-0.2, 0) is 10.2 Å². The van der Waals surface area contributed by atoms with Crippen molar-refractivity contribution in [2.75, 3.05) is 5.43 Å². The number of benzene rings is 2. The summed E-state index contributed by atoms with van der Waals surface area (Å²) in [5.74, 6) is -1.20. The Kier molecular flexibility index (Phi) is 3.69. The second kappa shape index (κ2) is 6.03. The molecule has 1 heterocycles. The van der Waals surface area contributed by atoms with Crippen LogP contribution < -0.4 is 5.43 Å². The molecule has 1 N–H and O–H groups in total. The quantitative estimate of drug-likeness (QED) is 0.727. The highest BCUT2D eigenvalue weighted by atomic mass is 16.2. The zero-order valence-corrected chi connectivity index (χ0v) is 13.6. The van der Waals surface area contributed by atoms with Crippen molar-refractivity contribution in [1.82, 2.24) is 14.9 Å². The SMILES string of the molecule is O=C(CC1(c2ccccc2)C(=O)c2ccccc2C1=O)Nn1cnnc1. The molecule has 0 atom stereocenters. The summed E-state index contributed by atoms with van der Waals surface area (Å²) in [6.07, 6.45) is 2.34. The minimum Gasteiger partial charge on any atom is -0.293 e. The number of hydrogen-bond acceptors (Lipinski definition) is 5. The normalized spacial score (nSPS) is 14.9. The van der Waals surface area contributed by atoms with Gasteiger partial charge in [0.2, 0.25) is 5.91 Å². The van der Waals surface area contributed by atoms with Gasteiger partial charge in [0, 0.05) is 11.1 Å². The maximum Gasteiger partial charge on any atom is 0.240 e. The first-order chi connectivity index (χ1) is 12.6. The van der Waals surface area contributed by atoms with Crippen molar-refractivity contribution in [3.63, 3.8) is 0 Å². The number of aromatic nitrogens is 3. The first-order valence-corrected chi connectivity index (χ1v) is 8.01. The molecule has 0 spiro atoms. The van der Waals surface area contributed by atoms with Crippen LogP contribution in [0.3, 0.4) is 0 Å². The van der Waals surface area contributed by atoms with E-state index < -0.39 is 11.3 Å². The van der Waals surface area contributed by atoms with Crippen LogP contribution in [0.4, 0.5) is 0 Å². The molecule has 7 nitrogen and oxygen atoms in total. The van der Waals surface area contributed by atoms with E-state index in [9.17, 15) is 14.4 Å². The molecule has 0 aliphatic heterocycles. The van der Waals surface area contributed by atoms with Gasteiger partial charge in [0.1, 0.15) is 18.1 Å². The van der Waals surface area contributed by atoms with Gasteiger partial charge in [-0.05, 0) is 5.56 Å². The van der Waals surface area contributed by atoms with Gasteiger partial charge in [-0.15, -0.1) is 10.2 Å². The molecule has 1 amide bonds. The molecule has 1 aliphatic carbocycles. The maximum atomic E-state index is 13.2. The molecule has 3 aromatic rings. The predicted octanol–water partition coefficient (Wildman–Crippen LogP) is 1.76. The molecule has 2 aromatic carbocycles. The molecule has 128 valence electrons. The summed E-state index contributed by atoms with van der Waals surface area (Å²) in [4.78, 5) is 39.1. The monoisotopic (exact) mass is 346 g/mol. The number of rotatable bonds is 4. The Labute approximate surface area is 148 Å². The summed E-state index contributed by atoms with van der Waals surface area (Å²) >= 11 is 0. The topological polar surface area (TPSA) is 94.0 Å². The molecule has 0 fully saturated rings. The van der Waals surface area contributed by atoms with E-state index >= 15 is 0 Å². The lowest BCUT2D eigenvalue weighted by Gasteiger charge is -2.26. The highest BCUT2D eigenvalue weighted by molar-refractivity contribution is 6.34. The number of carbonyl (C=O) groups excluding carboxylic acids is 3. The zero-order chi connectivity index (χ0) is 18.1.